The van der Waals surface area contributed by atoms with Gasteiger partial charge in [-0.2, -0.15) is 0 Å². The van der Waals surface area contributed by atoms with E-state index in [1.807, 2.05) is 12.1 Å². The second kappa shape index (κ2) is 5.29. The molecule has 1 aliphatic rings. The van der Waals surface area contributed by atoms with Gasteiger partial charge in [0.25, 0.3) is 0 Å². The predicted molar refractivity (Wildman–Crippen MR) is 68.9 cm³/mol. The first-order chi connectivity index (χ1) is 7.70. The normalized spacial score (nSPS) is 15.7. The van der Waals surface area contributed by atoms with E-state index < -0.39 is 0 Å². The molecule has 0 aromatic heterocycles. The minimum absolute atomic E-state index is 0.540. The summed E-state index contributed by atoms with van der Waals surface area (Å²) in [4.78, 5) is 0. The highest BCUT2D eigenvalue weighted by Crippen LogP contribution is 2.34. The number of benzene rings is 1. The molecule has 0 aliphatic carbocycles. The van der Waals surface area contributed by atoms with Crippen molar-refractivity contribution < 1.29 is 4.74 Å². The molecule has 0 saturated heterocycles. The summed E-state index contributed by atoms with van der Waals surface area (Å²) in [6.07, 6.45) is 3.06. The Balaban J connectivity index is 2.14. The number of hydrogen-bond acceptors (Lipinski definition) is 1. The molecule has 1 aliphatic heterocycles. The van der Waals surface area contributed by atoms with Gasteiger partial charge in [0.05, 0.1) is 6.61 Å². The van der Waals surface area contributed by atoms with Gasteiger partial charge in [-0.05, 0) is 42.0 Å². The van der Waals surface area contributed by atoms with E-state index in [2.05, 4.69) is 6.92 Å². The van der Waals surface area contributed by atoms with Gasteiger partial charge in [-0.25, -0.2) is 0 Å². The summed E-state index contributed by atoms with van der Waals surface area (Å²) in [6, 6.07) is 4.03. The summed E-state index contributed by atoms with van der Waals surface area (Å²) in [6.45, 7) is 2.95. The van der Waals surface area contributed by atoms with Gasteiger partial charge in [0.2, 0.25) is 0 Å². The molecule has 88 valence electrons. The monoisotopic (exact) mass is 258 g/mol. The molecule has 1 aromatic carbocycles. The van der Waals surface area contributed by atoms with Crippen molar-refractivity contribution in [2.45, 2.75) is 26.2 Å². The lowest BCUT2D eigenvalue weighted by atomic mass is 9.99. The van der Waals surface area contributed by atoms with Crippen LogP contribution in [0.4, 0.5) is 0 Å². The van der Waals surface area contributed by atoms with Crippen LogP contribution in [0.15, 0.2) is 12.1 Å². The summed E-state index contributed by atoms with van der Waals surface area (Å²) in [5.41, 5.74) is 2.48. The minimum Gasteiger partial charge on any atom is -0.493 e. The lowest BCUT2D eigenvalue weighted by molar-refractivity contribution is 0.352. The summed E-state index contributed by atoms with van der Waals surface area (Å²) in [5.74, 6) is 2.31. The molecule has 2 rings (SSSR count). The standard InChI is InChI=1S/C13H16Cl2O/c1-9(8-14)2-3-10-6-12(15)7-11-4-5-16-13(10)11/h6-7,9H,2-5,8H2,1H3. The zero-order valence-electron chi connectivity index (χ0n) is 9.43. The van der Waals surface area contributed by atoms with E-state index >= 15 is 0 Å². The fourth-order valence-corrected chi connectivity index (χ4v) is 2.43. The molecule has 3 heteroatoms. The van der Waals surface area contributed by atoms with E-state index in [0.29, 0.717) is 11.8 Å². The van der Waals surface area contributed by atoms with Crippen LogP contribution in [-0.2, 0) is 12.8 Å². The van der Waals surface area contributed by atoms with Crippen molar-refractivity contribution in [3.63, 3.8) is 0 Å². The number of aryl methyl sites for hydroxylation is 1. The molecule has 0 amide bonds. The summed E-state index contributed by atoms with van der Waals surface area (Å²) >= 11 is 11.9. The van der Waals surface area contributed by atoms with E-state index in [0.717, 1.165) is 36.6 Å². The SMILES string of the molecule is CC(CCl)CCc1cc(Cl)cc2c1OCC2. The van der Waals surface area contributed by atoms with Crippen LogP contribution in [0.2, 0.25) is 5.02 Å². The second-order valence-electron chi connectivity index (χ2n) is 4.45. The number of fused-ring (bicyclic) bond motifs is 1. The number of hydrogen-bond donors (Lipinski definition) is 0. The van der Waals surface area contributed by atoms with Gasteiger partial charge in [-0.15, -0.1) is 11.6 Å². The maximum atomic E-state index is 6.10. The average Bonchev–Trinajstić information content (AvgIpc) is 2.73. The zero-order valence-corrected chi connectivity index (χ0v) is 10.9. The lowest BCUT2D eigenvalue weighted by Crippen LogP contribution is -2.00. The Bertz CT molecular complexity index is 376. The molecular weight excluding hydrogens is 243 g/mol. The van der Waals surface area contributed by atoms with E-state index in [-0.39, 0.29) is 0 Å². The highest BCUT2D eigenvalue weighted by molar-refractivity contribution is 6.30. The molecule has 16 heavy (non-hydrogen) atoms. The van der Waals surface area contributed by atoms with Crippen LogP contribution in [0.25, 0.3) is 0 Å². The van der Waals surface area contributed by atoms with Crippen molar-refractivity contribution in [1.29, 1.82) is 0 Å². The number of rotatable bonds is 4. The molecule has 0 N–H and O–H groups in total. The average molecular weight is 259 g/mol. The summed E-state index contributed by atoms with van der Waals surface area (Å²) in [5, 5.41) is 0.817. The molecule has 1 nitrogen and oxygen atoms in total. The van der Waals surface area contributed by atoms with Gasteiger partial charge in [-0.3, -0.25) is 0 Å². The van der Waals surface area contributed by atoms with E-state index in [4.69, 9.17) is 27.9 Å². The van der Waals surface area contributed by atoms with Crippen molar-refractivity contribution in [3.05, 3.63) is 28.3 Å². The number of alkyl halides is 1. The van der Waals surface area contributed by atoms with Gasteiger partial charge < -0.3 is 4.74 Å². The topological polar surface area (TPSA) is 9.23 Å². The molecule has 0 radical (unpaired) electrons. The summed E-state index contributed by atoms with van der Waals surface area (Å²) in [7, 11) is 0. The van der Waals surface area contributed by atoms with Crippen molar-refractivity contribution in [3.8, 4) is 5.75 Å². The Kier molecular flexibility index (Phi) is 3.99. The van der Waals surface area contributed by atoms with Crippen LogP contribution < -0.4 is 4.74 Å². The fraction of sp³-hybridized carbons (Fsp3) is 0.538. The van der Waals surface area contributed by atoms with E-state index in [1.54, 1.807) is 0 Å². The largest absolute Gasteiger partial charge is 0.493 e. The Morgan fingerprint density at radius 1 is 1.44 bits per heavy atom. The van der Waals surface area contributed by atoms with E-state index in [1.165, 1.54) is 11.1 Å². The van der Waals surface area contributed by atoms with Gasteiger partial charge in [0.15, 0.2) is 0 Å². The Hall–Kier alpha value is -0.400. The maximum Gasteiger partial charge on any atom is 0.125 e. The first-order valence-corrected chi connectivity index (χ1v) is 6.62. The number of halogens is 2. The van der Waals surface area contributed by atoms with Crippen molar-refractivity contribution in [2.75, 3.05) is 12.5 Å². The van der Waals surface area contributed by atoms with Crippen LogP contribution in [0, 0.1) is 5.92 Å². The minimum atomic E-state index is 0.540. The smallest absolute Gasteiger partial charge is 0.125 e. The third kappa shape index (κ3) is 2.64. The lowest BCUT2D eigenvalue weighted by Gasteiger charge is -2.11. The number of ether oxygens (including phenoxy) is 1. The summed E-state index contributed by atoms with van der Waals surface area (Å²) < 4.78 is 5.66. The molecule has 1 aromatic rings. The highest BCUT2D eigenvalue weighted by atomic mass is 35.5. The Morgan fingerprint density at radius 2 is 2.25 bits per heavy atom. The quantitative estimate of drug-likeness (QED) is 0.740. The molecule has 1 unspecified atom stereocenters. The second-order valence-corrected chi connectivity index (χ2v) is 5.19. The van der Waals surface area contributed by atoms with Gasteiger partial charge in [-0.1, -0.05) is 18.5 Å². The van der Waals surface area contributed by atoms with Crippen molar-refractivity contribution in [2.24, 2.45) is 5.92 Å². The maximum absolute atomic E-state index is 6.10. The van der Waals surface area contributed by atoms with Gasteiger partial charge in [0.1, 0.15) is 5.75 Å². The molecule has 0 spiro atoms. The van der Waals surface area contributed by atoms with Crippen LogP contribution in [0.5, 0.6) is 5.75 Å². The Labute approximate surface area is 107 Å². The van der Waals surface area contributed by atoms with Crippen molar-refractivity contribution >= 4 is 23.2 Å². The molecular formula is C13H16Cl2O. The first kappa shape index (κ1) is 12.1. The van der Waals surface area contributed by atoms with Crippen LogP contribution in [-0.4, -0.2) is 12.5 Å². The first-order valence-electron chi connectivity index (χ1n) is 5.70. The third-order valence-electron chi connectivity index (χ3n) is 3.00. The molecule has 0 saturated carbocycles. The van der Waals surface area contributed by atoms with Crippen LogP contribution in [0.1, 0.15) is 24.5 Å². The van der Waals surface area contributed by atoms with Gasteiger partial charge >= 0.3 is 0 Å². The fourth-order valence-electron chi connectivity index (χ4n) is 2.01. The zero-order chi connectivity index (χ0) is 11.5. The molecule has 0 fully saturated rings. The molecule has 1 atom stereocenters. The third-order valence-corrected chi connectivity index (χ3v) is 3.74. The van der Waals surface area contributed by atoms with Gasteiger partial charge in [0, 0.05) is 17.3 Å². The van der Waals surface area contributed by atoms with Crippen LogP contribution in [0.3, 0.4) is 0 Å². The molecule has 0 bridgehead atoms. The predicted octanol–water partition coefficient (Wildman–Crippen LogP) is 4.08. The van der Waals surface area contributed by atoms with Crippen molar-refractivity contribution in [1.82, 2.24) is 0 Å². The van der Waals surface area contributed by atoms with Crippen LogP contribution >= 0.6 is 23.2 Å². The van der Waals surface area contributed by atoms with E-state index in [9.17, 15) is 0 Å². The highest BCUT2D eigenvalue weighted by Gasteiger charge is 2.17. The Morgan fingerprint density at radius 3 is 3.00 bits per heavy atom. The molecule has 1 heterocycles.